The van der Waals surface area contributed by atoms with E-state index in [1.807, 2.05) is 13.8 Å². The van der Waals surface area contributed by atoms with Crippen molar-refractivity contribution >= 4 is 0 Å². The van der Waals surface area contributed by atoms with Crippen LogP contribution in [0.15, 0.2) is 0 Å². The average Bonchev–Trinajstić information content (AvgIpc) is 2.48. The third kappa shape index (κ3) is 3.36. The van der Waals surface area contributed by atoms with E-state index in [1.165, 1.54) is 19.5 Å². The molecule has 1 aliphatic heterocycles. The molecule has 0 aromatic heterocycles. The lowest BCUT2D eigenvalue weighted by Crippen LogP contribution is -2.25. The van der Waals surface area contributed by atoms with Gasteiger partial charge in [-0.1, -0.05) is 6.92 Å². The van der Waals surface area contributed by atoms with Crippen molar-refractivity contribution < 1.29 is 0 Å². The first-order valence-corrected chi connectivity index (χ1v) is 5.17. The molecule has 0 aromatic carbocycles. The normalized spacial score (nSPS) is 24.6. The summed E-state index contributed by atoms with van der Waals surface area (Å²) in [5.74, 6) is 0.852. The topological polar surface area (TPSA) is 27.0 Å². The Labute approximate surface area is 81.5 Å². The van der Waals surface area contributed by atoms with E-state index in [0.29, 0.717) is 0 Å². The molecule has 1 atom stereocenters. The van der Waals surface area contributed by atoms with Gasteiger partial charge in [0.05, 0.1) is 11.5 Å². The van der Waals surface area contributed by atoms with Gasteiger partial charge >= 0.3 is 0 Å². The van der Waals surface area contributed by atoms with Crippen LogP contribution in [0.3, 0.4) is 0 Å². The zero-order valence-corrected chi connectivity index (χ0v) is 9.01. The number of likely N-dealkylation sites (tertiary alicyclic amines) is 1. The van der Waals surface area contributed by atoms with Crippen LogP contribution in [0.25, 0.3) is 0 Å². The van der Waals surface area contributed by atoms with E-state index in [0.717, 1.165) is 18.9 Å². The molecular formula is C11H20N2. The maximum absolute atomic E-state index is 8.85. The van der Waals surface area contributed by atoms with E-state index >= 15 is 0 Å². The fourth-order valence-electron chi connectivity index (χ4n) is 1.72. The molecule has 1 aliphatic rings. The summed E-state index contributed by atoms with van der Waals surface area (Å²) in [5, 5.41) is 8.85. The van der Waals surface area contributed by atoms with E-state index in [2.05, 4.69) is 17.9 Å². The molecule has 0 radical (unpaired) electrons. The molecule has 2 heteroatoms. The van der Waals surface area contributed by atoms with Gasteiger partial charge in [-0.05, 0) is 45.7 Å². The second kappa shape index (κ2) is 4.11. The minimum atomic E-state index is -0.147. The predicted molar refractivity (Wildman–Crippen MR) is 54.2 cm³/mol. The van der Waals surface area contributed by atoms with Crippen LogP contribution in [0.4, 0.5) is 0 Å². The van der Waals surface area contributed by atoms with Crippen molar-refractivity contribution in [2.24, 2.45) is 11.3 Å². The van der Waals surface area contributed by atoms with Crippen LogP contribution in [-0.4, -0.2) is 24.5 Å². The van der Waals surface area contributed by atoms with Crippen LogP contribution < -0.4 is 0 Å². The highest BCUT2D eigenvalue weighted by atomic mass is 15.1. The summed E-state index contributed by atoms with van der Waals surface area (Å²) in [7, 11) is 0. The van der Waals surface area contributed by atoms with Crippen molar-refractivity contribution in [3.05, 3.63) is 0 Å². The highest BCUT2D eigenvalue weighted by Crippen LogP contribution is 2.22. The van der Waals surface area contributed by atoms with Gasteiger partial charge < -0.3 is 4.90 Å². The Kier molecular flexibility index (Phi) is 3.33. The summed E-state index contributed by atoms with van der Waals surface area (Å²) >= 11 is 0. The molecule has 0 aromatic rings. The molecule has 1 fully saturated rings. The summed E-state index contributed by atoms with van der Waals surface area (Å²) in [6.45, 7) is 9.88. The van der Waals surface area contributed by atoms with Crippen LogP contribution in [-0.2, 0) is 0 Å². The van der Waals surface area contributed by atoms with Crippen LogP contribution in [0.2, 0.25) is 0 Å². The Balaban J connectivity index is 2.24. The molecular weight excluding hydrogens is 160 g/mol. The maximum atomic E-state index is 8.85. The molecule has 0 N–H and O–H groups in total. The molecule has 1 saturated heterocycles. The third-order valence-corrected chi connectivity index (χ3v) is 2.86. The molecule has 0 saturated carbocycles. The highest BCUT2D eigenvalue weighted by Gasteiger charge is 2.22. The number of rotatable bonds is 3. The molecule has 1 unspecified atom stereocenters. The molecule has 0 bridgehead atoms. The maximum Gasteiger partial charge on any atom is 0.0684 e. The molecule has 0 amide bonds. The van der Waals surface area contributed by atoms with Crippen molar-refractivity contribution in [3.63, 3.8) is 0 Å². The van der Waals surface area contributed by atoms with Crippen molar-refractivity contribution in [3.8, 4) is 6.07 Å². The minimum absolute atomic E-state index is 0.147. The Morgan fingerprint density at radius 3 is 2.69 bits per heavy atom. The van der Waals surface area contributed by atoms with E-state index in [1.54, 1.807) is 0 Å². The second-order valence-electron chi connectivity index (χ2n) is 4.94. The molecule has 2 nitrogen and oxygen atoms in total. The first-order valence-electron chi connectivity index (χ1n) is 5.17. The number of nitrogens with zero attached hydrogens (tertiary/aromatic N) is 2. The zero-order valence-electron chi connectivity index (χ0n) is 9.01. The Hall–Kier alpha value is -0.550. The number of nitriles is 1. The van der Waals surface area contributed by atoms with Crippen molar-refractivity contribution in [2.45, 2.75) is 33.6 Å². The first kappa shape index (κ1) is 10.5. The SMILES string of the molecule is CC1CCN(CCC(C)(C)C#N)C1. The first-order chi connectivity index (χ1) is 6.03. The lowest BCUT2D eigenvalue weighted by atomic mass is 9.91. The van der Waals surface area contributed by atoms with Gasteiger partial charge in [0.25, 0.3) is 0 Å². The summed E-state index contributed by atoms with van der Waals surface area (Å²) in [4.78, 5) is 2.48. The Bertz CT molecular complexity index is 203. The Morgan fingerprint density at radius 2 is 2.23 bits per heavy atom. The van der Waals surface area contributed by atoms with Crippen LogP contribution >= 0.6 is 0 Å². The standard InChI is InChI=1S/C11H20N2/c1-10-4-6-13(8-10)7-5-11(2,3)9-12/h10H,4-8H2,1-3H3. The minimum Gasteiger partial charge on any atom is -0.303 e. The fourth-order valence-corrected chi connectivity index (χ4v) is 1.72. The second-order valence-corrected chi connectivity index (χ2v) is 4.94. The predicted octanol–water partition coefficient (Wildman–Crippen LogP) is 2.27. The van der Waals surface area contributed by atoms with Gasteiger partial charge in [0.2, 0.25) is 0 Å². The summed E-state index contributed by atoms with van der Waals surface area (Å²) in [6.07, 6.45) is 2.32. The van der Waals surface area contributed by atoms with Gasteiger partial charge in [-0.2, -0.15) is 5.26 Å². The molecule has 0 aliphatic carbocycles. The number of hydrogen-bond donors (Lipinski definition) is 0. The van der Waals surface area contributed by atoms with Crippen LogP contribution in [0.1, 0.15) is 33.6 Å². The largest absolute Gasteiger partial charge is 0.303 e. The summed E-state index contributed by atoms with van der Waals surface area (Å²) in [5.41, 5.74) is -0.147. The molecule has 0 spiro atoms. The molecule has 1 heterocycles. The lowest BCUT2D eigenvalue weighted by molar-refractivity contribution is 0.281. The van der Waals surface area contributed by atoms with Gasteiger partial charge in [-0.3, -0.25) is 0 Å². The molecule has 74 valence electrons. The highest BCUT2D eigenvalue weighted by molar-refractivity contribution is 4.92. The van der Waals surface area contributed by atoms with Gasteiger partial charge in [0.15, 0.2) is 0 Å². The van der Waals surface area contributed by atoms with E-state index in [9.17, 15) is 0 Å². The van der Waals surface area contributed by atoms with Crippen molar-refractivity contribution in [1.82, 2.24) is 4.90 Å². The van der Waals surface area contributed by atoms with Crippen LogP contribution in [0.5, 0.6) is 0 Å². The molecule has 1 rings (SSSR count). The lowest BCUT2D eigenvalue weighted by Gasteiger charge is -2.20. The van der Waals surface area contributed by atoms with E-state index in [-0.39, 0.29) is 5.41 Å². The fraction of sp³-hybridized carbons (Fsp3) is 0.909. The smallest absolute Gasteiger partial charge is 0.0684 e. The van der Waals surface area contributed by atoms with E-state index in [4.69, 9.17) is 5.26 Å². The monoisotopic (exact) mass is 180 g/mol. The third-order valence-electron chi connectivity index (χ3n) is 2.86. The summed E-state index contributed by atoms with van der Waals surface area (Å²) < 4.78 is 0. The van der Waals surface area contributed by atoms with Gasteiger partial charge in [0, 0.05) is 6.54 Å². The Morgan fingerprint density at radius 1 is 1.54 bits per heavy atom. The van der Waals surface area contributed by atoms with Crippen molar-refractivity contribution in [2.75, 3.05) is 19.6 Å². The molecule has 13 heavy (non-hydrogen) atoms. The van der Waals surface area contributed by atoms with Gasteiger partial charge in [0.1, 0.15) is 0 Å². The van der Waals surface area contributed by atoms with Crippen molar-refractivity contribution in [1.29, 1.82) is 5.26 Å². The van der Waals surface area contributed by atoms with Gasteiger partial charge in [-0.15, -0.1) is 0 Å². The van der Waals surface area contributed by atoms with Crippen LogP contribution in [0, 0.1) is 22.7 Å². The van der Waals surface area contributed by atoms with Gasteiger partial charge in [-0.25, -0.2) is 0 Å². The number of hydrogen-bond acceptors (Lipinski definition) is 2. The summed E-state index contributed by atoms with van der Waals surface area (Å²) in [6, 6.07) is 2.35. The van der Waals surface area contributed by atoms with E-state index < -0.39 is 0 Å². The average molecular weight is 180 g/mol. The quantitative estimate of drug-likeness (QED) is 0.666. The zero-order chi connectivity index (χ0) is 9.90.